The summed E-state index contributed by atoms with van der Waals surface area (Å²) in [7, 11) is 0. The van der Waals surface area contributed by atoms with E-state index >= 15 is 0 Å². The molecule has 1 aliphatic rings. The number of aromatic amines is 1. The number of nitrogens with zero attached hydrogens (tertiary/aromatic N) is 1. The Balaban J connectivity index is 2.12. The predicted octanol–water partition coefficient (Wildman–Crippen LogP) is 1.45. The zero-order valence-corrected chi connectivity index (χ0v) is 11.1. The van der Waals surface area contributed by atoms with E-state index in [4.69, 9.17) is 4.74 Å². The van der Waals surface area contributed by atoms with Gasteiger partial charge in [-0.05, 0) is 25.5 Å². The van der Waals surface area contributed by atoms with Crippen molar-refractivity contribution in [2.24, 2.45) is 5.92 Å². The zero-order chi connectivity index (χ0) is 14.3. The Labute approximate surface area is 115 Å². The molecule has 1 fully saturated rings. The van der Waals surface area contributed by atoms with Crippen LogP contribution in [0.2, 0.25) is 0 Å². The number of rotatable bonds is 3. The molecule has 2 atom stereocenters. The molecule has 3 rings (SSSR count). The summed E-state index contributed by atoms with van der Waals surface area (Å²) in [6.45, 7) is 3.15. The lowest BCUT2D eigenvalue weighted by Gasteiger charge is -2.15. The summed E-state index contributed by atoms with van der Waals surface area (Å²) >= 11 is 0. The van der Waals surface area contributed by atoms with E-state index in [0.29, 0.717) is 24.2 Å². The number of H-pyrrole nitrogens is 1. The van der Waals surface area contributed by atoms with Crippen molar-refractivity contribution in [2.75, 3.05) is 6.61 Å². The summed E-state index contributed by atoms with van der Waals surface area (Å²) in [6, 6.07) is 4.87. The van der Waals surface area contributed by atoms with E-state index < -0.39 is 5.97 Å². The molecule has 6 heteroatoms. The smallest absolute Gasteiger partial charge is 0.337 e. The van der Waals surface area contributed by atoms with Crippen molar-refractivity contribution in [3.63, 3.8) is 0 Å². The molecule has 2 N–H and O–H groups in total. The van der Waals surface area contributed by atoms with Gasteiger partial charge in [-0.2, -0.15) is 0 Å². The van der Waals surface area contributed by atoms with Crippen LogP contribution in [0.25, 0.3) is 11.0 Å². The largest absolute Gasteiger partial charge is 0.478 e. The van der Waals surface area contributed by atoms with Crippen LogP contribution in [0.5, 0.6) is 0 Å². The van der Waals surface area contributed by atoms with Gasteiger partial charge in [-0.15, -0.1) is 0 Å². The number of aromatic carboxylic acids is 1. The van der Waals surface area contributed by atoms with Crippen molar-refractivity contribution in [1.29, 1.82) is 0 Å². The summed E-state index contributed by atoms with van der Waals surface area (Å²) in [6.07, 6.45) is 0.971. The first-order valence-corrected chi connectivity index (χ1v) is 6.64. The average molecular weight is 276 g/mol. The quantitative estimate of drug-likeness (QED) is 0.888. The fourth-order valence-corrected chi connectivity index (χ4v) is 2.82. The van der Waals surface area contributed by atoms with Crippen LogP contribution < -0.4 is 5.69 Å². The van der Waals surface area contributed by atoms with Gasteiger partial charge in [-0.3, -0.25) is 4.57 Å². The molecule has 0 amide bonds. The van der Waals surface area contributed by atoms with Gasteiger partial charge in [-0.25, -0.2) is 9.59 Å². The van der Waals surface area contributed by atoms with Crippen molar-refractivity contribution in [3.8, 4) is 0 Å². The van der Waals surface area contributed by atoms with Crippen LogP contribution in [0, 0.1) is 5.92 Å². The summed E-state index contributed by atoms with van der Waals surface area (Å²) in [5, 5.41) is 9.28. The Bertz CT molecular complexity index is 716. The van der Waals surface area contributed by atoms with E-state index in [2.05, 4.69) is 4.98 Å². The molecule has 1 saturated heterocycles. The van der Waals surface area contributed by atoms with Gasteiger partial charge in [0.05, 0.1) is 22.7 Å². The Morgan fingerprint density at radius 2 is 2.35 bits per heavy atom. The highest BCUT2D eigenvalue weighted by molar-refractivity contribution is 6.01. The van der Waals surface area contributed by atoms with Crippen molar-refractivity contribution in [1.82, 2.24) is 9.55 Å². The third-order valence-electron chi connectivity index (χ3n) is 3.97. The first-order chi connectivity index (χ1) is 9.58. The van der Waals surface area contributed by atoms with E-state index in [1.165, 1.54) is 10.6 Å². The Hall–Kier alpha value is -2.08. The van der Waals surface area contributed by atoms with Crippen LogP contribution in [-0.4, -0.2) is 33.3 Å². The number of hydrogen-bond acceptors (Lipinski definition) is 3. The second kappa shape index (κ2) is 4.79. The molecule has 20 heavy (non-hydrogen) atoms. The lowest BCUT2D eigenvalue weighted by molar-refractivity contribution is 0.0698. The minimum atomic E-state index is -1.03. The molecule has 0 aliphatic carbocycles. The number of nitrogens with one attached hydrogen (secondary N) is 1. The zero-order valence-electron chi connectivity index (χ0n) is 11.1. The van der Waals surface area contributed by atoms with Crippen LogP contribution in [-0.2, 0) is 11.3 Å². The summed E-state index contributed by atoms with van der Waals surface area (Å²) in [5.74, 6) is -0.798. The molecular weight excluding hydrogens is 260 g/mol. The Morgan fingerprint density at radius 3 is 3.00 bits per heavy atom. The van der Waals surface area contributed by atoms with Crippen LogP contribution >= 0.6 is 0 Å². The molecule has 1 aliphatic heterocycles. The topological polar surface area (TPSA) is 84.3 Å². The molecule has 2 unspecified atom stereocenters. The SMILES string of the molecule is CC1OCCC1Cn1c(=O)[nH]c2cccc(C(=O)O)c21. The van der Waals surface area contributed by atoms with Crippen LogP contribution in [0.3, 0.4) is 0 Å². The van der Waals surface area contributed by atoms with Crippen molar-refractivity contribution in [2.45, 2.75) is 26.0 Å². The number of benzene rings is 1. The Morgan fingerprint density at radius 1 is 1.55 bits per heavy atom. The monoisotopic (exact) mass is 276 g/mol. The first-order valence-electron chi connectivity index (χ1n) is 6.64. The molecule has 0 radical (unpaired) electrons. The van der Waals surface area contributed by atoms with Gasteiger partial charge >= 0.3 is 11.7 Å². The third kappa shape index (κ3) is 2.02. The first kappa shape index (κ1) is 12.9. The van der Waals surface area contributed by atoms with Gasteiger partial charge in [-0.1, -0.05) is 6.07 Å². The highest BCUT2D eigenvalue weighted by Gasteiger charge is 2.26. The van der Waals surface area contributed by atoms with Gasteiger partial charge in [0.15, 0.2) is 0 Å². The van der Waals surface area contributed by atoms with E-state index in [9.17, 15) is 14.7 Å². The van der Waals surface area contributed by atoms with E-state index in [0.717, 1.165) is 6.42 Å². The molecule has 0 spiro atoms. The lowest BCUT2D eigenvalue weighted by Crippen LogP contribution is -2.25. The molecule has 106 valence electrons. The van der Waals surface area contributed by atoms with Crippen LogP contribution in [0.15, 0.2) is 23.0 Å². The number of ether oxygens (including phenoxy) is 1. The van der Waals surface area contributed by atoms with Gasteiger partial charge in [0.25, 0.3) is 0 Å². The third-order valence-corrected chi connectivity index (χ3v) is 3.97. The predicted molar refractivity (Wildman–Crippen MR) is 73.0 cm³/mol. The molecule has 2 aromatic rings. The van der Waals surface area contributed by atoms with Gasteiger partial charge < -0.3 is 14.8 Å². The number of carboxylic acid groups (broad SMARTS) is 1. The summed E-state index contributed by atoms with van der Waals surface area (Å²) < 4.78 is 7.02. The molecule has 2 heterocycles. The maximum Gasteiger partial charge on any atom is 0.337 e. The minimum Gasteiger partial charge on any atom is -0.478 e. The summed E-state index contributed by atoms with van der Waals surface area (Å²) in [4.78, 5) is 26.1. The molecule has 6 nitrogen and oxygen atoms in total. The average Bonchev–Trinajstić information content (AvgIpc) is 2.94. The van der Waals surface area contributed by atoms with Gasteiger partial charge in [0.2, 0.25) is 0 Å². The van der Waals surface area contributed by atoms with Crippen molar-refractivity contribution in [3.05, 3.63) is 34.2 Å². The maximum absolute atomic E-state index is 12.1. The van der Waals surface area contributed by atoms with E-state index in [1.54, 1.807) is 12.1 Å². The molecule has 1 aromatic heterocycles. The Kier molecular flexibility index (Phi) is 3.10. The number of para-hydroxylation sites is 1. The molecular formula is C14H16N2O4. The highest BCUT2D eigenvalue weighted by Crippen LogP contribution is 2.24. The van der Waals surface area contributed by atoms with Crippen LogP contribution in [0.1, 0.15) is 23.7 Å². The van der Waals surface area contributed by atoms with Gasteiger partial charge in [0, 0.05) is 19.1 Å². The minimum absolute atomic E-state index is 0.0869. The van der Waals surface area contributed by atoms with E-state index in [-0.39, 0.29) is 23.3 Å². The number of hydrogen-bond donors (Lipinski definition) is 2. The number of fused-ring (bicyclic) bond motifs is 1. The highest BCUT2D eigenvalue weighted by atomic mass is 16.5. The van der Waals surface area contributed by atoms with Crippen molar-refractivity contribution < 1.29 is 14.6 Å². The fourth-order valence-electron chi connectivity index (χ4n) is 2.82. The number of imidazole rings is 1. The van der Waals surface area contributed by atoms with Gasteiger partial charge in [0.1, 0.15) is 0 Å². The standard InChI is InChI=1S/C14H16N2O4/c1-8-9(5-6-20-8)7-16-12-10(13(17)18)3-2-4-11(12)15-14(16)19/h2-4,8-9H,5-7H2,1H3,(H,15,19)(H,17,18). The second-order valence-corrected chi connectivity index (χ2v) is 5.17. The van der Waals surface area contributed by atoms with E-state index in [1.807, 2.05) is 6.92 Å². The molecule has 1 aromatic carbocycles. The number of carbonyl (C=O) groups is 1. The lowest BCUT2D eigenvalue weighted by atomic mass is 10.0. The van der Waals surface area contributed by atoms with Crippen LogP contribution in [0.4, 0.5) is 0 Å². The van der Waals surface area contributed by atoms with Crippen molar-refractivity contribution >= 4 is 17.0 Å². The molecule has 0 saturated carbocycles. The number of aromatic nitrogens is 2. The maximum atomic E-state index is 12.1. The summed E-state index contributed by atoms with van der Waals surface area (Å²) in [5.41, 5.74) is 0.894. The fraction of sp³-hybridized carbons (Fsp3) is 0.429. The normalized spacial score (nSPS) is 22.4. The number of carboxylic acids is 1. The second-order valence-electron chi connectivity index (χ2n) is 5.17. The molecule has 0 bridgehead atoms.